The van der Waals surface area contributed by atoms with E-state index in [0.717, 1.165) is 16.5 Å². The Balaban J connectivity index is 1.92. The number of thioether (sulfide) groups is 1. The SMILES string of the molecule is NC(CSc1ncccn1)c1ccccc1. The zero-order valence-corrected chi connectivity index (χ0v) is 9.60. The van der Waals surface area contributed by atoms with Crippen LogP contribution in [0.4, 0.5) is 0 Å². The van der Waals surface area contributed by atoms with Crippen molar-refractivity contribution in [3.63, 3.8) is 0 Å². The van der Waals surface area contributed by atoms with Crippen LogP contribution >= 0.6 is 11.8 Å². The van der Waals surface area contributed by atoms with Gasteiger partial charge in [-0.05, 0) is 11.6 Å². The van der Waals surface area contributed by atoms with Gasteiger partial charge in [-0.2, -0.15) is 0 Å². The summed E-state index contributed by atoms with van der Waals surface area (Å²) >= 11 is 1.58. The van der Waals surface area contributed by atoms with Crippen molar-refractivity contribution in [3.8, 4) is 0 Å². The summed E-state index contributed by atoms with van der Waals surface area (Å²) in [4.78, 5) is 8.28. The quantitative estimate of drug-likeness (QED) is 0.648. The van der Waals surface area contributed by atoms with Crippen LogP contribution in [0, 0.1) is 0 Å². The highest BCUT2D eigenvalue weighted by molar-refractivity contribution is 7.99. The minimum absolute atomic E-state index is 0.0232. The van der Waals surface area contributed by atoms with E-state index in [2.05, 4.69) is 9.97 Å². The molecule has 0 saturated carbocycles. The molecule has 2 rings (SSSR count). The van der Waals surface area contributed by atoms with Crippen molar-refractivity contribution in [1.29, 1.82) is 0 Å². The third-order valence-electron chi connectivity index (χ3n) is 2.16. The van der Waals surface area contributed by atoms with Crippen molar-refractivity contribution >= 4 is 11.8 Å². The molecule has 16 heavy (non-hydrogen) atoms. The summed E-state index contributed by atoms with van der Waals surface area (Å²) in [5.74, 6) is 0.786. The average molecular weight is 231 g/mol. The molecule has 0 saturated heterocycles. The maximum absolute atomic E-state index is 6.07. The zero-order valence-electron chi connectivity index (χ0n) is 8.78. The molecule has 1 aromatic carbocycles. The summed E-state index contributed by atoms with van der Waals surface area (Å²) in [5, 5.41) is 0.772. The number of hydrogen-bond acceptors (Lipinski definition) is 4. The van der Waals surface area contributed by atoms with E-state index >= 15 is 0 Å². The minimum atomic E-state index is 0.0232. The normalized spacial score (nSPS) is 12.3. The van der Waals surface area contributed by atoms with Crippen LogP contribution in [0.5, 0.6) is 0 Å². The molecule has 1 aromatic heterocycles. The van der Waals surface area contributed by atoms with E-state index in [1.165, 1.54) is 0 Å². The summed E-state index contributed by atoms with van der Waals surface area (Å²) < 4.78 is 0. The predicted octanol–water partition coefficient (Wildman–Crippen LogP) is 2.27. The smallest absolute Gasteiger partial charge is 0.187 e. The van der Waals surface area contributed by atoms with Crippen LogP contribution in [0.25, 0.3) is 0 Å². The van der Waals surface area contributed by atoms with Gasteiger partial charge in [-0.3, -0.25) is 0 Å². The lowest BCUT2D eigenvalue weighted by Gasteiger charge is -2.10. The maximum atomic E-state index is 6.07. The standard InChI is InChI=1S/C12H13N3S/c13-11(10-5-2-1-3-6-10)9-16-12-14-7-4-8-15-12/h1-8,11H,9,13H2. The fraction of sp³-hybridized carbons (Fsp3) is 0.167. The molecule has 2 N–H and O–H groups in total. The molecule has 0 fully saturated rings. The number of hydrogen-bond donors (Lipinski definition) is 1. The molecule has 0 bridgehead atoms. The Bertz CT molecular complexity index is 419. The summed E-state index contributed by atoms with van der Waals surface area (Å²) in [6.45, 7) is 0. The van der Waals surface area contributed by atoms with Crippen LogP contribution in [0.15, 0.2) is 53.9 Å². The van der Waals surface area contributed by atoms with Crippen molar-refractivity contribution < 1.29 is 0 Å². The molecule has 1 heterocycles. The zero-order chi connectivity index (χ0) is 11.2. The third-order valence-corrected chi connectivity index (χ3v) is 3.16. The van der Waals surface area contributed by atoms with Gasteiger partial charge in [0.05, 0.1) is 0 Å². The summed E-state index contributed by atoms with van der Waals surface area (Å²) in [6, 6.07) is 11.9. The molecule has 2 aromatic rings. The Labute approximate surface area is 99.1 Å². The highest BCUT2D eigenvalue weighted by Gasteiger charge is 2.06. The fourth-order valence-electron chi connectivity index (χ4n) is 1.32. The number of benzene rings is 1. The van der Waals surface area contributed by atoms with Gasteiger partial charge in [-0.15, -0.1) is 0 Å². The first-order chi connectivity index (χ1) is 7.86. The number of rotatable bonds is 4. The number of nitrogens with two attached hydrogens (primary N) is 1. The Hall–Kier alpha value is -1.39. The van der Waals surface area contributed by atoms with Gasteiger partial charge < -0.3 is 5.73 Å². The molecule has 82 valence electrons. The molecule has 4 heteroatoms. The summed E-state index contributed by atoms with van der Waals surface area (Å²) in [6.07, 6.45) is 3.48. The van der Waals surface area contributed by atoms with E-state index in [1.807, 2.05) is 30.3 Å². The monoisotopic (exact) mass is 231 g/mol. The summed E-state index contributed by atoms with van der Waals surface area (Å²) in [7, 11) is 0. The molecular formula is C12H13N3S. The molecule has 0 radical (unpaired) electrons. The Morgan fingerprint density at radius 2 is 1.75 bits per heavy atom. The predicted molar refractivity (Wildman–Crippen MR) is 66.1 cm³/mol. The topological polar surface area (TPSA) is 51.8 Å². The second kappa shape index (κ2) is 5.63. The summed E-state index contributed by atoms with van der Waals surface area (Å²) in [5.41, 5.74) is 7.21. The van der Waals surface area contributed by atoms with Crippen LogP contribution in [-0.2, 0) is 0 Å². The maximum Gasteiger partial charge on any atom is 0.187 e. The molecular weight excluding hydrogens is 218 g/mol. The van der Waals surface area contributed by atoms with Gasteiger partial charge in [-0.1, -0.05) is 42.1 Å². The molecule has 0 aliphatic heterocycles. The van der Waals surface area contributed by atoms with E-state index in [1.54, 1.807) is 30.2 Å². The van der Waals surface area contributed by atoms with Crippen LogP contribution in [0.2, 0.25) is 0 Å². The van der Waals surface area contributed by atoms with E-state index in [4.69, 9.17) is 5.73 Å². The van der Waals surface area contributed by atoms with Gasteiger partial charge in [0.1, 0.15) is 0 Å². The first-order valence-electron chi connectivity index (χ1n) is 5.06. The second-order valence-corrected chi connectivity index (χ2v) is 4.35. The lowest BCUT2D eigenvalue weighted by molar-refractivity contribution is 0.826. The highest BCUT2D eigenvalue weighted by Crippen LogP contribution is 2.19. The van der Waals surface area contributed by atoms with Crippen molar-refractivity contribution in [2.75, 3.05) is 5.75 Å². The van der Waals surface area contributed by atoms with Gasteiger partial charge in [0, 0.05) is 24.2 Å². The molecule has 1 unspecified atom stereocenters. The van der Waals surface area contributed by atoms with Crippen molar-refractivity contribution in [2.45, 2.75) is 11.2 Å². The van der Waals surface area contributed by atoms with E-state index in [0.29, 0.717) is 0 Å². The largest absolute Gasteiger partial charge is 0.323 e. The molecule has 0 amide bonds. The first-order valence-corrected chi connectivity index (χ1v) is 6.05. The lowest BCUT2D eigenvalue weighted by atomic mass is 10.1. The van der Waals surface area contributed by atoms with Gasteiger partial charge >= 0.3 is 0 Å². The highest BCUT2D eigenvalue weighted by atomic mass is 32.2. The minimum Gasteiger partial charge on any atom is -0.323 e. The van der Waals surface area contributed by atoms with Crippen LogP contribution in [0.3, 0.4) is 0 Å². The van der Waals surface area contributed by atoms with Crippen LogP contribution < -0.4 is 5.73 Å². The molecule has 0 aliphatic carbocycles. The number of nitrogens with zero attached hydrogens (tertiary/aromatic N) is 2. The molecule has 1 atom stereocenters. The first kappa shape index (κ1) is 11.1. The Morgan fingerprint density at radius 1 is 1.06 bits per heavy atom. The van der Waals surface area contributed by atoms with E-state index in [9.17, 15) is 0 Å². The number of aromatic nitrogens is 2. The van der Waals surface area contributed by atoms with Crippen LogP contribution in [0.1, 0.15) is 11.6 Å². The van der Waals surface area contributed by atoms with Gasteiger partial charge in [-0.25, -0.2) is 9.97 Å². The van der Waals surface area contributed by atoms with Gasteiger partial charge in [0.15, 0.2) is 5.16 Å². The Morgan fingerprint density at radius 3 is 2.44 bits per heavy atom. The second-order valence-electron chi connectivity index (χ2n) is 3.36. The Kier molecular flexibility index (Phi) is 3.91. The van der Waals surface area contributed by atoms with Crippen molar-refractivity contribution in [2.24, 2.45) is 5.73 Å². The van der Waals surface area contributed by atoms with Crippen molar-refractivity contribution in [1.82, 2.24) is 9.97 Å². The fourth-order valence-corrected chi connectivity index (χ4v) is 2.11. The van der Waals surface area contributed by atoms with Crippen LogP contribution in [-0.4, -0.2) is 15.7 Å². The molecule has 0 spiro atoms. The van der Waals surface area contributed by atoms with Gasteiger partial charge in [0.25, 0.3) is 0 Å². The molecule has 0 aliphatic rings. The van der Waals surface area contributed by atoms with E-state index < -0.39 is 0 Å². The lowest BCUT2D eigenvalue weighted by Crippen LogP contribution is -2.12. The third kappa shape index (κ3) is 3.05. The average Bonchev–Trinajstić information content (AvgIpc) is 2.38. The molecule has 3 nitrogen and oxygen atoms in total. The van der Waals surface area contributed by atoms with Crippen molar-refractivity contribution in [3.05, 3.63) is 54.4 Å². The van der Waals surface area contributed by atoms with E-state index in [-0.39, 0.29) is 6.04 Å². The van der Waals surface area contributed by atoms with Gasteiger partial charge in [0.2, 0.25) is 0 Å².